The molecule has 2 heterocycles. The van der Waals surface area contributed by atoms with Gasteiger partial charge in [0.05, 0.1) is 36.3 Å². The molecule has 0 saturated carbocycles. The van der Waals surface area contributed by atoms with Crippen LogP contribution in [0.3, 0.4) is 0 Å². The van der Waals surface area contributed by atoms with E-state index in [4.69, 9.17) is 4.74 Å². The van der Waals surface area contributed by atoms with Gasteiger partial charge in [-0.1, -0.05) is 12.1 Å². The van der Waals surface area contributed by atoms with Gasteiger partial charge in [-0.2, -0.15) is 10.4 Å². The van der Waals surface area contributed by atoms with E-state index in [-0.39, 0.29) is 0 Å². The third-order valence-electron chi connectivity index (χ3n) is 3.95. The van der Waals surface area contributed by atoms with Crippen LogP contribution >= 0.6 is 0 Å². The lowest BCUT2D eigenvalue weighted by molar-refractivity contribution is 0.415. The Kier molecular flexibility index (Phi) is 3.60. The molecule has 2 aromatic carbocycles. The van der Waals surface area contributed by atoms with Crippen LogP contribution in [0.2, 0.25) is 0 Å². The third-order valence-corrected chi connectivity index (χ3v) is 3.95. The molecule has 4 rings (SSSR count). The van der Waals surface area contributed by atoms with Crippen molar-refractivity contribution in [1.29, 1.82) is 5.26 Å². The summed E-state index contributed by atoms with van der Waals surface area (Å²) in [4.78, 5) is 4.64. The first-order chi connectivity index (χ1) is 12.3. The number of rotatable bonds is 3. The second-order valence-corrected chi connectivity index (χ2v) is 5.41. The zero-order valence-corrected chi connectivity index (χ0v) is 13.4. The van der Waals surface area contributed by atoms with Gasteiger partial charge >= 0.3 is 0 Å². The summed E-state index contributed by atoms with van der Waals surface area (Å²) in [5, 5.41) is 17.2. The maximum atomic E-state index is 9.21. The SMILES string of the molecule is COc1ccc(-c2nc3nnccn3c2-c2cccc(C#N)c2)cc1. The molecule has 0 bridgehead atoms. The highest BCUT2D eigenvalue weighted by molar-refractivity contribution is 5.81. The van der Waals surface area contributed by atoms with Crippen LogP contribution in [-0.2, 0) is 0 Å². The molecule has 0 aliphatic heterocycles. The predicted octanol–water partition coefficient (Wildman–Crippen LogP) is 3.34. The van der Waals surface area contributed by atoms with E-state index in [1.165, 1.54) is 0 Å². The normalized spacial score (nSPS) is 10.6. The molecule has 2 aromatic heterocycles. The topological polar surface area (TPSA) is 76.1 Å². The number of hydrogen-bond acceptors (Lipinski definition) is 5. The molecule has 0 unspecified atom stereocenters. The minimum absolute atomic E-state index is 0.505. The Bertz CT molecular complexity index is 1090. The summed E-state index contributed by atoms with van der Waals surface area (Å²) < 4.78 is 7.10. The maximum Gasteiger partial charge on any atom is 0.254 e. The molecule has 4 aromatic rings. The first-order valence-electron chi connectivity index (χ1n) is 7.65. The first kappa shape index (κ1) is 14.8. The summed E-state index contributed by atoms with van der Waals surface area (Å²) in [5.41, 5.74) is 4.06. The Morgan fingerprint density at radius 1 is 1.08 bits per heavy atom. The van der Waals surface area contributed by atoms with Crippen LogP contribution in [0.1, 0.15) is 5.56 Å². The van der Waals surface area contributed by atoms with Crippen molar-refractivity contribution in [2.24, 2.45) is 0 Å². The lowest BCUT2D eigenvalue weighted by Crippen LogP contribution is -1.93. The largest absolute Gasteiger partial charge is 0.497 e. The summed E-state index contributed by atoms with van der Waals surface area (Å²) in [6.45, 7) is 0. The van der Waals surface area contributed by atoms with Gasteiger partial charge in [0.1, 0.15) is 5.75 Å². The summed E-state index contributed by atoms with van der Waals surface area (Å²) in [5.74, 6) is 1.28. The molecule has 0 radical (unpaired) electrons. The number of imidazole rings is 1. The molecule has 0 amide bonds. The number of aromatic nitrogens is 4. The number of hydrogen-bond donors (Lipinski definition) is 0. The first-order valence-corrected chi connectivity index (χ1v) is 7.65. The summed E-state index contributed by atoms with van der Waals surface area (Å²) in [6.07, 6.45) is 3.43. The lowest BCUT2D eigenvalue weighted by atomic mass is 10.0. The van der Waals surface area contributed by atoms with E-state index in [1.807, 2.05) is 53.1 Å². The number of ether oxygens (including phenoxy) is 1. The van der Waals surface area contributed by atoms with Crippen molar-refractivity contribution in [2.75, 3.05) is 7.11 Å². The molecule has 6 heteroatoms. The molecule has 0 aliphatic carbocycles. The average molecular weight is 327 g/mol. The van der Waals surface area contributed by atoms with Crippen LogP contribution in [0.4, 0.5) is 0 Å². The molecule has 0 atom stereocenters. The smallest absolute Gasteiger partial charge is 0.254 e. The van der Waals surface area contributed by atoms with Gasteiger partial charge in [-0.05, 0) is 36.4 Å². The van der Waals surface area contributed by atoms with Crippen molar-refractivity contribution in [3.63, 3.8) is 0 Å². The standard InChI is InChI=1S/C19H13N5O/c1-25-16-7-5-14(6-8-16)17-18(15-4-2-3-13(11-15)12-20)24-10-9-21-23-19(24)22-17/h2-11H,1H3. The molecule has 25 heavy (non-hydrogen) atoms. The van der Waals surface area contributed by atoms with Gasteiger partial charge in [0.15, 0.2) is 0 Å². The molecule has 0 saturated heterocycles. The fraction of sp³-hybridized carbons (Fsp3) is 0.0526. The zero-order chi connectivity index (χ0) is 17.2. The number of methoxy groups -OCH3 is 1. The van der Waals surface area contributed by atoms with Crippen LogP contribution in [0.25, 0.3) is 28.3 Å². The average Bonchev–Trinajstić information content (AvgIpc) is 3.07. The van der Waals surface area contributed by atoms with Crippen molar-refractivity contribution >= 4 is 5.78 Å². The quantitative estimate of drug-likeness (QED) is 0.577. The Morgan fingerprint density at radius 2 is 1.92 bits per heavy atom. The van der Waals surface area contributed by atoms with E-state index < -0.39 is 0 Å². The van der Waals surface area contributed by atoms with Gasteiger partial charge in [0, 0.05) is 17.3 Å². The van der Waals surface area contributed by atoms with E-state index in [1.54, 1.807) is 19.4 Å². The van der Waals surface area contributed by atoms with Gasteiger partial charge in [-0.15, -0.1) is 5.10 Å². The number of fused-ring (bicyclic) bond motifs is 1. The molecular formula is C19H13N5O. The fourth-order valence-corrected chi connectivity index (χ4v) is 2.78. The number of benzene rings is 2. The van der Waals surface area contributed by atoms with E-state index in [0.29, 0.717) is 11.3 Å². The Hall–Kier alpha value is -3.72. The second kappa shape index (κ2) is 6.06. The fourth-order valence-electron chi connectivity index (χ4n) is 2.78. The van der Waals surface area contributed by atoms with Crippen LogP contribution in [0.15, 0.2) is 60.9 Å². The van der Waals surface area contributed by atoms with E-state index in [9.17, 15) is 5.26 Å². The van der Waals surface area contributed by atoms with E-state index >= 15 is 0 Å². The Morgan fingerprint density at radius 3 is 2.68 bits per heavy atom. The highest BCUT2D eigenvalue weighted by Gasteiger charge is 2.17. The number of nitrogens with zero attached hydrogens (tertiary/aromatic N) is 5. The van der Waals surface area contributed by atoms with Crippen LogP contribution in [-0.4, -0.2) is 26.7 Å². The molecule has 0 N–H and O–H groups in total. The minimum atomic E-state index is 0.505. The van der Waals surface area contributed by atoms with Crippen molar-refractivity contribution in [1.82, 2.24) is 19.6 Å². The summed E-state index contributed by atoms with van der Waals surface area (Å²) in [6, 6.07) is 17.3. The van der Waals surface area contributed by atoms with Crippen molar-refractivity contribution in [2.45, 2.75) is 0 Å². The zero-order valence-electron chi connectivity index (χ0n) is 13.4. The van der Waals surface area contributed by atoms with Gasteiger partial charge < -0.3 is 4.74 Å². The van der Waals surface area contributed by atoms with Crippen molar-refractivity contribution < 1.29 is 4.74 Å². The predicted molar refractivity (Wildman–Crippen MR) is 92.9 cm³/mol. The van der Waals surface area contributed by atoms with Gasteiger partial charge in [0.2, 0.25) is 0 Å². The van der Waals surface area contributed by atoms with Gasteiger partial charge in [-0.25, -0.2) is 4.98 Å². The van der Waals surface area contributed by atoms with Crippen LogP contribution in [0.5, 0.6) is 5.75 Å². The highest BCUT2D eigenvalue weighted by atomic mass is 16.5. The van der Waals surface area contributed by atoms with Gasteiger partial charge in [-0.3, -0.25) is 4.40 Å². The Balaban J connectivity index is 1.99. The van der Waals surface area contributed by atoms with E-state index in [0.717, 1.165) is 28.3 Å². The third kappa shape index (κ3) is 2.58. The maximum absolute atomic E-state index is 9.21. The Labute approximate surface area is 144 Å². The van der Waals surface area contributed by atoms with Crippen molar-refractivity contribution in [3.05, 3.63) is 66.5 Å². The molecular weight excluding hydrogens is 314 g/mol. The van der Waals surface area contributed by atoms with Gasteiger partial charge in [0.25, 0.3) is 5.78 Å². The van der Waals surface area contributed by atoms with Crippen molar-refractivity contribution in [3.8, 4) is 34.3 Å². The summed E-state index contributed by atoms with van der Waals surface area (Å²) >= 11 is 0. The molecule has 6 nitrogen and oxygen atoms in total. The van der Waals surface area contributed by atoms with Crippen LogP contribution in [0, 0.1) is 11.3 Å². The highest BCUT2D eigenvalue weighted by Crippen LogP contribution is 2.33. The minimum Gasteiger partial charge on any atom is -0.497 e. The second-order valence-electron chi connectivity index (χ2n) is 5.41. The van der Waals surface area contributed by atoms with E-state index in [2.05, 4.69) is 21.3 Å². The van der Waals surface area contributed by atoms with Crippen LogP contribution < -0.4 is 4.74 Å². The molecule has 0 aliphatic rings. The number of nitriles is 1. The molecule has 0 spiro atoms. The lowest BCUT2D eigenvalue weighted by Gasteiger charge is -2.06. The summed E-state index contributed by atoms with van der Waals surface area (Å²) in [7, 11) is 1.63. The molecule has 0 fully saturated rings. The monoisotopic (exact) mass is 327 g/mol. The molecule has 120 valence electrons.